The third-order valence-corrected chi connectivity index (χ3v) is 5.52. The molecule has 2 aromatic heterocycles. The summed E-state index contributed by atoms with van der Waals surface area (Å²) in [6.45, 7) is 2.75. The van der Waals surface area contributed by atoms with Crippen LogP contribution < -0.4 is 0 Å². The fraction of sp³-hybridized carbons (Fsp3) is 0.571. The molecule has 2 atom stereocenters. The number of rotatable bonds is 4. The molecular weight excluding hydrogens is 322 g/mol. The van der Waals surface area contributed by atoms with Crippen molar-refractivity contribution in [2.24, 2.45) is 0 Å². The van der Waals surface area contributed by atoms with E-state index >= 15 is 0 Å². The number of aromatic amines is 1. The van der Waals surface area contributed by atoms with Gasteiger partial charge in [0.05, 0.1) is 10.3 Å². The molecule has 2 unspecified atom stereocenters. The zero-order chi connectivity index (χ0) is 15.5. The Morgan fingerprint density at radius 2 is 2.41 bits per heavy atom. The summed E-state index contributed by atoms with van der Waals surface area (Å²) in [6, 6.07) is 3.93. The molecule has 0 spiro atoms. The Balaban J connectivity index is 1.73. The molecule has 118 valence electrons. The second-order valence-electron chi connectivity index (χ2n) is 5.58. The number of piperidine rings is 1. The highest BCUT2D eigenvalue weighted by Crippen LogP contribution is 2.31. The number of hydrogen-bond donors (Lipinski definition) is 1. The number of nitrogens with one attached hydrogen (secondary N) is 1. The van der Waals surface area contributed by atoms with Gasteiger partial charge in [0.25, 0.3) is 0 Å². The van der Waals surface area contributed by atoms with Gasteiger partial charge in [-0.3, -0.25) is 4.79 Å². The van der Waals surface area contributed by atoms with E-state index in [0.717, 1.165) is 35.0 Å². The van der Waals surface area contributed by atoms with Gasteiger partial charge in [0.2, 0.25) is 5.91 Å². The average molecular weight is 340 g/mol. The standard InChI is InChI=1S/C14H18ClN5OS/c1-9(11-5-6-12(15)22-11)14(21)20-7-3-2-4-10(20)8-13-16-18-19-17-13/h5-6,9-10H,2-4,7-8H2,1H3,(H,16,17,18,19). The molecule has 1 amide bonds. The van der Waals surface area contributed by atoms with Crippen molar-refractivity contribution in [3.63, 3.8) is 0 Å². The third kappa shape index (κ3) is 3.30. The summed E-state index contributed by atoms with van der Waals surface area (Å²) in [6.07, 6.45) is 3.82. The molecule has 3 heterocycles. The minimum absolute atomic E-state index is 0.150. The molecule has 3 rings (SSSR count). The van der Waals surface area contributed by atoms with E-state index in [9.17, 15) is 4.79 Å². The van der Waals surface area contributed by atoms with Crippen LogP contribution in [0, 0.1) is 0 Å². The van der Waals surface area contributed by atoms with Crippen molar-refractivity contribution in [3.8, 4) is 0 Å². The van der Waals surface area contributed by atoms with Gasteiger partial charge in [0.15, 0.2) is 5.82 Å². The van der Waals surface area contributed by atoms with Crippen molar-refractivity contribution in [2.45, 2.75) is 44.6 Å². The first-order chi connectivity index (χ1) is 10.6. The summed E-state index contributed by atoms with van der Waals surface area (Å²) in [5.41, 5.74) is 0. The fourth-order valence-electron chi connectivity index (χ4n) is 2.91. The maximum absolute atomic E-state index is 12.9. The van der Waals surface area contributed by atoms with E-state index in [0.29, 0.717) is 12.2 Å². The van der Waals surface area contributed by atoms with E-state index in [2.05, 4.69) is 20.6 Å². The molecule has 1 N–H and O–H groups in total. The van der Waals surface area contributed by atoms with Crippen LogP contribution in [0.15, 0.2) is 12.1 Å². The molecule has 1 aliphatic rings. The number of likely N-dealkylation sites (tertiary alicyclic amines) is 1. The molecule has 8 heteroatoms. The van der Waals surface area contributed by atoms with Crippen LogP contribution in [0.2, 0.25) is 4.34 Å². The molecule has 1 saturated heterocycles. The lowest BCUT2D eigenvalue weighted by molar-refractivity contribution is -0.136. The average Bonchev–Trinajstić information content (AvgIpc) is 3.18. The first kappa shape index (κ1) is 15.4. The summed E-state index contributed by atoms with van der Waals surface area (Å²) in [7, 11) is 0. The second kappa shape index (κ2) is 6.75. The van der Waals surface area contributed by atoms with Crippen LogP contribution in [-0.4, -0.2) is 44.0 Å². The number of aromatic nitrogens is 4. The number of tetrazole rings is 1. The summed E-state index contributed by atoms with van der Waals surface area (Å²) >= 11 is 7.46. The molecule has 0 saturated carbocycles. The zero-order valence-corrected chi connectivity index (χ0v) is 13.9. The van der Waals surface area contributed by atoms with Crippen molar-refractivity contribution in [2.75, 3.05) is 6.54 Å². The lowest BCUT2D eigenvalue weighted by atomic mass is 9.96. The number of hydrogen-bond acceptors (Lipinski definition) is 5. The fourth-order valence-corrected chi connectivity index (χ4v) is 4.02. The Hall–Kier alpha value is -1.47. The summed E-state index contributed by atoms with van der Waals surface area (Å²) in [5, 5.41) is 14.1. The van der Waals surface area contributed by atoms with Crippen LogP contribution in [0.25, 0.3) is 0 Å². The molecule has 22 heavy (non-hydrogen) atoms. The van der Waals surface area contributed by atoms with Crippen molar-refractivity contribution in [1.82, 2.24) is 25.5 Å². The number of carbonyl (C=O) groups excluding carboxylic acids is 1. The maximum atomic E-state index is 12.9. The van der Waals surface area contributed by atoms with Crippen LogP contribution in [0.4, 0.5) is 0 Å². The van der Waals surface area contributed by atoms with E-state index in [1.165, 1.54) is 11.3 Å². The normalized spacial score (nSPS) is 20.1. The predicted molar refractivity (Wildman–Crippen MR) is 85.0 cm³/mol. The van der Waals surface area contributed by atoms with Gasteiger partial charge in [0, 0.05) is 23.9 Å². The summed E-state index contributed by atoms with van der Waals surface area (Å²) in [4.78, 5) is 15.9. The van der Waals surface area contributed by atoms with Crippen molar-refractivity contribution < 1.29 is 4.79 Å². The minimum Gasteiger partial charge on any atom is -0.339 e. The molecule has 0 radical (unpaired) electrons. The van der Waals surface area contributed by atoms with Gasteiger partial charge in [-0.1, -0.05) is 16.8 Å². The lowest BCUT2D eigenvalue weighted by Crippen LogP contribution is -2.46. The highest BCUT2D eigenvalue weighted by Gasteiger charge is 2.31. The number of H-pyrrole nitrogens is 1. The number of halogens is 1. The Morgan fingerprint density at radius 1 is 1.55 bits per heavy atom. The van der Waals surface area contributed by atoms with Gasteiger partial charge < -0.3 is 4.90 Å². The summed E-state index contributed by atoms with van der Waals surface area (Å²) in [5.74, 6) is 0.659. The van der Waals surface area contributed by atoms with Crippen LogP contribution >= 0.6 is 22.9 Å². The molecule has 0 aliphatic carbocycles. The lowest BCUT2D eigenvalue weighted by Gasteiger charge is -2.36. The van der Waals surface area contributed by atoms with Gasteiger partial charge in [-0.2, -0.15) is 5.21 Å². The quantitative estimate of drug-likeness (QED) is 0.929. The van der Waals surface area contributed by atoms with Gasteiger partial charge in [-0.05, 0) is 38.3 Å². The predicted octanol–water partition coefficient (Wildman–Crippen LogP) is 2.64. The number of carbonyl (C=O) groups is 1. The van der Waals surface area contributed by atoms with Crippen molar-refractivity contribution in [3.05, 3.63) is 27.2 Å². The van der Waals surface area contributed by atoms with Gasteiger partial charge in [0.1, 0.15) is 0 Å². The largest absolute Gasteiger partial charge is 0.339 e. The highest BCUT2D eigenvalue weighted by atomic mass is 35.5. The van der Waals surface area contributed by atoms with E-state index < -0.39 is 0 Å². The highest BCUT2D eigenvalue weighted by molar-refractivity contribution is 7.16. The monoisotopic (exact) mass is 339 g/mol. The van der Waals surface area contributed by atoms with E-state index in [1.807, 2.05) is 24.0 Å². The Bertz CT molecular complexity index is 629. The molecule has 2 aromatic rings. The number of thiophene rings is 1. The molecular formula is C14H18ClN5OS. The molecule has 0 aromatic carbocycles. The first-order valence-corrected chi connectivity index (χ1v) is 8.62. The minimum atomic E-state index is -0.164. The van der Waals surface area contributed by atoms with Crippen molar-refractivity contribution >= 4 is 28.8 Å². The van der Waals surface area contributed by atoms with Crippen LogP contribution in [0.1, 0.15) is 42.8 Å². The zero-order valence-electron chi connectivity index (χ0n) is 12.3. The van der Waals surface area contributed by atoms with E-state index in [4.69, 9.17) is 11.6 Å². The Morgan fingerprint density at radius 3 is 3.09 bits per heavy atom. The maximum Gasteiger partial charge on any atom is 0.230 e. The van der Waals surface area contributed by atoms with Gasteiger partial charge >= 0.3 is 0 Å². The smallest absolute Gasteiger partial charge is 0.230 e. The topological polar surface area (TPSA) is 74.8 Å². The SMILES string of the molecule is CC(C(=O)N1CCCCC1Cc1nn[nH]n1)c1ccc(Cl)s1. The van der Waals surface area contributed by atoms with Crippen LogP contribution in [0.3, 0.4) is 0 Å². The van der Waals surface area contributed by atoms with Crippen molar-refractivity contribution in [1.29, 1.82) is 0 Å². The Kier molecular flexibility index (Phi) is 4.73. The number of nitrogens with zero attached hydrogens (tertiary/aromatic N) is 4. The van der Waals surface area contributed by atoms with Gasteiger partial charge in [-0.25, -0.2) is 0 Å². The second-order valence-corrected chi connectivity index (χ2v) is 7.32. The molecule has 0 bridgehead atoms. The van der Waals surface area contributed by atoms with Gasteiger partial charge in [-0.15, -0.1) is 21.5 Å². The Labute approximate surface area is 137 Å². The number of amides is 1. The summed E-state index contributed by atoms with van der Waals surface area (Å²) < 4.78 is 0.719. The first-order valence-electron chi connectivity index (χ1n) is 7.43. The van der Waals surface area contributed by atoms with E-state index in [-0.39, 0.29) is 17.9 Å². The molecule has 6 nitrogen and oxygen atoms in total. The molecule has 1 aliphatic heterocycles. The van der Waals surface area contributed by atoms with Crippen LogP contribution in [0.5, 0.6) is 0 Å². The van der Waals surface area contributed by atoms with E-state index in [1.54, 1.807) is 0 Å². The van der Waals surface area contributed by atoms with Crippen LogP contribution in [-0.2, 0) is 11.2 Å². The third-order valence-electron chi connectivity index (χ3n) is 4.11. The molecule has 1 fully saturated rings.